The Morgan fingerprint density at radius 3 is 2.75 bits per heavy atom. The number of rotatable bonds is 5. The largest absolute Gasteiger partial charge is 0.328 e. The lowest BCUT2D eigenvalue weighted by Crippen LogP contribution is -2.32. The Hall–Kier alpha value is -3.07. The number of hydrogen-bond acceptors (Lipinski definition) is 6. The maximum absolute atomic E-state index is 12.0. The lowest BCUT2D eigenvalue weighted by Gasteiger charge is -2.03. The molecule has 122 valence electrons. The first kappa shape index (κ1) is 15.8. The summed E-state index contributed by atoms with van der Waals surface area (Å²) in [5, 5.41) is 2.96. The molecule has 0 atom stereocenters. The zero-order valence-corrected chi connectivity index (χ0v) is 13.2. The molecular weight excluding hydrogens is 330 g/mol. The van der Waals surface area contributed by atoms with Gasteiger partial charge in [0.15, 0.2) is 0 Å². The van der Waals surface area contributed by atoms with E-state index in [1.54, 1.807) is 0 Å². The Bertz CT molecular complexity index is 961. The highest BCUT2D eigenvalue weighted by Gasteiger charge is 2.10. The highest BCUT2D eigenvalue weighted by molar-refractivity contribution is 7.09. The van der Waals surface area contributed by atoms with Crippen LogP contribution in [0.3, 0.4) is 0 Å². The molecule has 0 spiro atoms. The molecule has 2 aromatic heterocycles. The maximum atomic E-state index is 12.0. The first-order valence-corrected chi connectivity index (χ1v) is 7.83. The van der Waals surface area contributed by atoms with E-state index in [2.05, 4.69) is 19.7 Å². The first-order valence-electron chi connectivity index (χ1n) is 7.06. The van der Waals surface area contributed by atoms with E-state index < -0.39 is 17.2 Å². The average Bonchev–Trinajstić information content (AvgIpc) is 2.98. The second kappa shape index (κ2) is 7.01. The number of anilines is 1. The second-order valence-electron chi connectivity index (χ2n) is 4.96. The van der Waals surface area contributed by atoms with E-state index in [-0.39, 0.29) is 6.54 Å². The fourth-order valence-corrected chi connectivity index (χ4v) is 2.64. The van der Waals surface area contributed by atoms with E-state index in [0.717, 1.165) is 21.7 Å². The summed E-state index contributed by atoms with van der Waals surface area (Å²) in [6.07, 6.45) is 1.84. The van der Waals surface area contributed by atoms with Crippen molar-refractivity contribution in [2.45, 2.75) is 13.0 Å². The van der Waals surface area contributed by atoms with Gasteiger partial charge in [0, 0.05) is 30.2 Å². The summed E-state index contributed by atoms with van der Waals surface area (Å²) >= 11 is 1.08. The number of nitrogens with zero attached hydrogens (tertiary/aromatic N) is 3. The van der Waals surface area contributed by atoms with Crippen LogP contribution in [0, 0.1) is 0 Å². The topological polar surface area (TPSA) is 110 Å². The SMILES string of the molecule is O=C(Cn1ccc(=O)[nH]c1=O)Nc1nc(Cc2ccccc2)ns1. The van der Waals surface area contributed by atoms with Gasteiger partial charge in [-0.2, -0.15) is 4.37 Å². The van der Waals surface area contributed by atoms with E-state index >= 15 is 0 Å². The molecule has 0 radical (unpaired) electrons. The molecular formula is C15H13N5O3S. The lowest BCUT2D eigenvalue weighted by atomic mass is 10.1. The summed E-state index contributed by atoms with van der Waals surface area (Å²) in [5.41, 5.74) is -0.0704. The summed E-state index contributed by atoms with van der Waals surface area (Å²) in [5.74, 6) is 0.189. The minimum atomic E-state index is -0.639. The van der Waals surface area contributed by atoms with Gasteiger partial charge in [0.2, 0.25) is 11.0 Å². The van der Waals surface area contributed by atoms with Crippen LogP contribution < -0.4 is 16.6 Å². The standard InChI is InChI=1S/C15H13N5O3S/c21-12-6-7-20(15(23)18-12)9-13(22)17-14-16-11(19-24-14)8-10-4-2-1-3-5-10/h1-7H,8-9H2,(H,18,21,23)(H,16,17,19,22). The van der Waals surface area contributed by atoms with Gasteiger partial charge >= 0.3 is 5.69 Å². The number of hydrogen-bond donors (Lipinski definition) is 2. The Balaban J connectivity index is 1.63. The third kappa shape index (κ3) is 4.02. The number of carbonyl (C=O) groups is 1. The molecule has 24 heavy (non-hydrogen) atoms. The Labute approximate surface area is 140 Å². The van der Waals surface area contributed by atoms with Crippen LogP contribution in [0.25, 0.3) is 0 Å². The molecule has 0 fully saturated rings. The molecule has 0 aliphatic carbocycles. The minimum Gasteiger partial charge on any atom is -0.299 e. The van der Waals surface area contributed by atoms with Gasteiger partial charge in [-0.15, -0.1) is 0 Å². The molecule has 2 heterocycles. The van der Waals surface area contributed by atoms with Crippen LogP contribution in [0.1, 0.15) is 11.4 Å². The van der Waals surface area contributed by atoms with Crippen LogP contribution in [0.15, 0.2) is 52.2 Å². The molecule has 1 amide bonds. The van der Waals surface area contributed by atoms with Crippen molar-refractivity contribution < 1.29 is 4.79 Å². The van der Waals surface area contributed by atoms with E-state index in [0.29, 0.717) is 17.4 Å². The number of aromatic nitrogens is 4. The highest BCUT2D eigenvalue weighted by Crippen LogP contribution is 2.14. The Kier molecular flexibility index (Phi) is 4.62. The van der Waals surface area contributed by atoms with Crippen LogP contribution in [-0.4, -0.2) is 24.8 Å². The van der Waals surface area contributed by atoms with Crippen LogP contribution in [-0.2, 0) is 17.8 Å². The van der Waals surface area contributed by atoms with Gasteiger partial charge in [-0.05, 0) is 5.56 Å². The van der Waals surface area contributed by atoms with Crippen LogP contribution in [0.4, 0.5) is 5.13 Å². The summed E-state index contributed by atoms with van der Waals surface area (Å²) in [7, 11) is 0. The molecule has 9 heteroatoms. The molecule has 0 saturated heterocycles. The monoisotopic (exact) mass is 343 g/mol. The number of carbonyl (C=O) groups excluding carboxylic acids is 1. The predicted octanol–water partition coefficient (Wildman–Crippen LogP) is 0.618. The van der Waals surface area contributed by atoms with Gasteiger partial charge in [-0.25, -0.2) is 9.78 Å². The molecule has 0 aliphatic rings. The van der Waals surface area contributed by atoms with Crippen LogP contribution >= 0.6 is 11.5 Å². The van der Waals surface area contributed by atoms with E-state index in [1.807, 2.05) is 30.3 Å². The lowest BCUT2D eigenvalue weighted by molar-refractivity contribution is -0.116. The van der Waals surface area contributed by atoms with Crippen LogP contribution in [0.2, 0.25) is 0 Å². The summed E-state index contributed by atoms with van der Waals surface area (Å²) < 4.78 is 5.30. The normalized spacial score (nSPS) is 10.5. The van der Waals surface area contributed by atoms with E-state index in [1.165, 1.54) is 12.3 Å². The summed E-state index contributed by atoms with van der Waals surface area (Å²) in [6, 6.07) is 10.9. The molecule has 2 N–H and O–H groups in total. The van der Waals surface area contributed by atoms with E-state index in [9.17, 15) is 14.4 Å². The number of H-pyrrole nitrogens is 1. The maximum Gasteiger partial charge on any atom is 0.328 e. The third-order valence-electron chi connectivity index (χ3n) is 3.13. The minimum absolute atomic E-state index is 0.219. The molecule has 0 bridgehead atoms. The van der Waals surface area contributed by atoms with Crippen molar-refractivity contribution in [1.29, 1.82) is 0 Å². The zero-order valence-electron chi connectivity index (χ0n) is 12.4. The Morgan fingerprint density at radius 1 is 1.21 bits per heavy atom. The summed E-state index contributed by atoms with van der Waals surface area (Å²) in [6.45, 7) is -0.219. The fraction of sp³-hybridized carbons (Fsp3) is 0.133. The van der Waals surface area contributed by atoms with Gasteiger partial charge in [0.05, 0.1) is 0 Å². The van der Waals surface area contributed by atoms with Crippen molar-refractivity contribution in [1.82, 2.24) is 18.9 Å². The van der Waals surface area contributed by atoms with Gasteiger partial charge in [0.25, 0.3) is 5.56 Å². The number of amides is 1. The van der Waals surface area contributed by atoms with Gasteiger partial charge in [-0.1, -0.05) is 30.3 Å². The molecule has 0 saturated carbocycles. The molecule has 8 nitrogen and oxygen atoms in total. The van der Waals surface area contributed by atoms with Crippen molar-refractivity contribution in [3.05, 3.63) is 74.8 Å². The van der Waals surface area contributed by atoms with Crippen molar-refractivity contribution in [3.8, 4) is 0 Å². The summed E-state index contributed by atoms with van der Waals surface area (Å²) in [4.78, 5) is 40.8. The van der Waals surface area contributed by atoms with Crippen molar-refractivity contribution in [2.75, 3.05) is 5.32 Å². The van der Waals surface area contributed by atoms with Crippen molar-refractivity contribution in [2.24, 2.45) is 0 Å². The molecule has 0 unspecified atom stereocenters. The van der Waals surface area contributed by atoms with E-state index in [4.69, 9.17) is 0 Å². The van der Waals surface area contributed by atoms with Crippen molar-refractivity contribution >= 4 is 22.6 Å². The highest BCUT2D eigenvalue weighted by atomic mass is 32.1. The zero-order chi connectivity index (χ0) is 16.9. The van der Waals surface area contributed by atoms with Crippen molar-refractivity contribution in [3.63, 3.8) is 0 Å². The van der Waals surface area contributed by atoms with Gasteiger partial charge in [-0.3, -0.25) is 24.5 Å². The second-order valence-corrected chi connectivity index (χ2v) is 5.72. The van der Waals surface area contributed by atoms with Crippen LogP contribution in [0.5, 0.6) is 0 Å². The van der Waals surface area contributed by atoms with Gasteiger partial charge in [0.1, 0.15) is 12.4 Å². The quantitative estimate of drug-likeness (QED) is 0.706. The number of aromatic amines is 1. The molecule has 0 aliphatic heterocycles. The fourth-order valence-electron chi connectivity index (χ4n) is 2.04. The number of benzene rings is 1. The third-order valence-corrected chi connectivity index (χ3v) is 3.80. The first-order chi connectivity index (χ1) is 11.6. The number of nitrogens with one attached hydrogen (secondary N) is 2. The molecule has 1 aromatic carbocycles. The predicted molar refractivity (Wildman–Crippen MR) is 89.1 cm³/mol. The molecule has 3 rings (SSSR count). The average molecular weight is 343 g/mol. The smallest absolute Gasteiger partial charge is 0.299 e. The van der Waals surface area contributed by atoms with Gasteiger partial charge < -0.3 is 0 Å². The molecule has 3 aromatic rings. The Morgan fingerprint density at radius 2 is 2.00 bits per heavy atom.